The predicted octanol–water partition coefficient (Wildman–Crippen LogP) is 2.87. The average molecular weight is 193 g/mol. The molecule has 0 aromatic carbocycles. The van der Waals surface area contributed by atoms with E-state index in [1.54, 1.807) is 0 Å². The van der Waals surface area contributed by atoms with E-state index in [1.165, 1.54) is 12.8 Å². The molecule has 0 spiro atoms. The second-order valence-electron chi connectivity index (χ2n) is 3.17. The minimum Gasteiger partial charge on any atom is -0.231 e. The summed E-state index contributed by atoms with van der Waals surface area (Å²) < 4.78 is 12.1. The zero-order valence-electron chi connectivity index (χ0n) is 5.24. The summed E-state index contributed by atoms with van der Waals surface area (Å²) in [4.78, 5) is 0. The van der Waals surface area contributed by atoms with Crippen molar-refractivity contribution in [3.63, 3.8) is 0 Å². The van der Waals surface area contributed by atoms with Crippen LogP contribution in [-0.4, -0.2) is 4.58 Å². The summed E-state index contributed by atoms with van der Waals surface area (Å²) in [6.45, 7) is 0. The molecule has 2 aliphatic carbocycles. The lowest BCUT2D eigenvalue weighted by atomic mass is 10.0. The molecule has 0 amide bonds. The fourth-order valence-corrected chi connectivity index (χ4v) is 2.94. The van der Waals surface area contributed by atoms with Crippen molar-refractivity contribution in [2.24, 2.45) is 11.8 Å². The molecule has 2 heteroatoms. The van der Waals surface area contributed by atoms with Gasteiger partial charge in [0.15, 0.2) is 4.58 Å². The molecule has 0 radical (unpaired) electrons. The van der Waals surface area contributed by atoms with Crippen molar-refractivity contribution in [3.05, 3.63) is 0 Å². The van der Waals surface area contributed by atoms with Gasteiger partial charge in [0, 0.05) is 11.8 Å². The molecule has 0 heterocycles. The third-order valence-electron chi connectivity index (χ3n) is 2.65. The van der Waals surface area contributed by atoms with Gasteiger partial charge in [-0.3, -0.25) is 0 Å². The van der Waals surface area contributed by atoms with E-state index in [0.717, 1.165) is 12.8 Å². The van der Waals surface area contributed by atoms with Crippen LogP contribution in [0.25, 0.3) is 0 Å². The van der Waals surface area contributed by atoms with E-state index in [2.05, 4.69) is 15.9 Å². The zero-order chi connectivity index (χ0) is 6.48. The highest BCUT2D eigenvalue weighted by Crippen LogP contribution is 2.64. The first-order valence-corrected chi connectivity index (χ1v) is 4.40. The van der Waals surface area contributed by atoms with Gasteiger partial charge in [-0.1, -0.05) is 12.8 Å². The Labute approximate surface area is 63.0 Å². The lowest BCUT2D eigenvalue weighted by Crippen LogP contribution is -1.91. The van der Waals surface area contributed by atoms with Crippen LogP contribution < -0.4 is 0 Å². The van der Waals surface area contributed by atoms with Crippen LogP contribution in [0.2, 0.25) is 0 Å². The first kappa shape index (κ1) is 6.14. The molecular weight excluding hydrogens is 183 g/mol. The predicted molar refractivity (Wildman–Crippen MR) is 38.2 cm³/mol. The van der Waals surface area contributed by atoms with E-state index in [0.29, 0.717) is 11.8 Å². The van der Waals surface area contributed by atoms with Crippen LogP contribution in [0.15, 0.2) is 0 Å². The largest absolute Gasteiger partial charge is 0.231 e. The van der Waals surface area contributed by atoms with E-state index in [-0.39, 0.29) is 0 Å². The highest BCUT2D eigenvalue weighted by Gasteiger charge is 2.64. The van der Waals surface area contributed by atoms with Crippen LogP contribution in [0.1, 0.15) is 25.7 Å². The first-order valence-electron chi connectivity index (χ1n) is 3.61. The maximum Gasteiger partial charge on any atom is 0.171 e. The molecule has 0 aromatic heterocycles. The molecule has 0 aliphatic heterocycles. The van der Waals surface area contributed by atoms with Crippen molar-refractivity contribution < 1.29 is 4.39 Å². The second-order valence-corrected chi connectivity index (χ2v) is 4.39. The molecule has 2 rings (SSSR count). The van der Waals surface area contributed by atoms with Gasteiger partial charge in [0.05, 0.1) is 0 Å². The van der Waals surface area contributed by atoms with Gasteiger partial charge >= 0.3 is 0 Å². The summed E-state index contributed by atoms with van der Waals surface area (Å²) in [7, 11) is 0. The molecule has 9 heavy (non-hydrogen) atoms. The lowest BCUT2D eigenvalue weighted by molar-refractivity contribution is 0.398. The van der Waals surface area contributed by atoms with Gasteiger partial charge < -0.3 is 0 Å². The molecule has 0 N–H and O–H groups in total. The van der Waals surface area contributed by atoms with Crippen molar-refractivity contribution in [2.75, 3.05) is 0 Å². The van der Waals surface area contributed by atoms with Crippen molar-refractivity contribution in [1.29, 1.82) is 0 Å². The molecule has 2 aliphatic rings. The van der Waals surface area contributed by atoms with Crippen molar-refractivity contribution in [2.45, 2.75) is 30.3 Å². The van der Waals surface area contributed by atoms with E-state index in [4.69, 9.17) is 0 Å². The van der Waals surface area contributed by atoms with Gasteiger partial charge in [0.1, 0.15) is 0 Å². The number of hydrogen-bond acceptors (Lipinski definition) is 0. The Morgan fingerprint density at radius 1 is 1.22 bits per heavy atom. The second kappa shape index (κ2) is 1.71. The molecule has 3 atom stereocenters. The van der Waals surface area contributed by atoms with E-state index >= 15 is 0 Å². The van der Waals surface area contributed by atoms with Crippen LogP contribution in [0.3, 0.4) is 0 Å². The highest BCUT2D eigenvalue weighted by atomic mass is 79.9. The minimum absolute atomic E-state index is 0.367. The Morgan fingerprint density at radius 3 is 2.00 bits per heavy atom. The monoisotopic (exact) mass is 192 g/mol. The van der Waals surface area contributed by atoms with Gasteiger partial charge in [-0.2, -0.15) is 0 Å². The van der Waals surface area contributed by atoms with Crippen LogP contribution in [0.5, 0.6) is 0 Å². The van der Waals surface area contributed by atoms with E-state index < -0.39 is 4.58 Å². The summed E-state index contributed by atoms with van der Waals surface area (Å²) in [6, 6.07) is 0. The molecule has 1 unspecified atom stereocenters. The van der Waals surface area contributed by atoms with Crippen LogP contribution >= 0.6 is 15.9 Å². The maximum absolute atomic E-state index is 13.1. The van der Waals surface area contributed by atoms with Gasteiger partial charge in [0.25, 0.3) is 0 Å². The molecular formula is C7H10BrF. The SMILES string of the molecule is FC1(Br)[C@@H]2CCCC[C@@H]21. The number of halogens is 2. The van der Waals surface area contributed by atoms with E-state index in [1.807, 2.05) is 0 Å². The summed E-state index contributed by atoms with van der Waals surface area (Å²) in [5, 5.41) is 0. The molecule has 0 saturated heterocycles. The number of hydrogen-bond donors (Lipinski definition) is 0. The van der Waals surface area contributed by atoms with Crippen LogP contribution in [0.4, 0.5) is 4.39 Å². The Bertz CT molecular complexity index is 119. The average Bonchev–Trinajstić information content (AvgIpc) is 2.39. The Balaban J connectivity index is 2.06. The van der Waals surface area contributed by atoms with Crippen molar-refractivity contribution >= 4 is 15.9 Å². The Hall–Kier alpha value is 0.410. The number of alkyl halides is 2. The van der Waals surface area contributed by atoms with Gasteiger partial charge in [-0.05, 0) is 28.8 Å². The fourth-order valence-electron chi connectivity index (χ4n) is 1.98. The normalized spacial score (nSPS) is 56.7. The lowest BCUT2D eigenvalue weighted by Gasteiger charge is -2.03. The van der Waals surface area contributed by atoms with Gasteiger partial charge in [-0.15, -0.1) is 0 Å². The van der Waals surface area contributed by atoms with E-state index in [9.17, 15) is 4.39 Å². The fraction of sp³-hybridized carbons (Fsp3) is 1.00. The van der Waals surface area contributed by atoms with Crippen molar-refractivity contribution in [3.8, 4) is 0 Å². The third kappa shape index (κ3) is 0.754. The Morgan fingerprint density at radius 2 is 1.67 bits per heavy atom. The molecule has 0 nitrogen and oxygen atoms in total. The molecule has 0 bridgehead atoms. The summed E-state index contributed by atoms with van der Waals surface area (Å²) in [6.07, 6.45) is 4.68. The van der Waals surface area contributed by atoms with Gasteiger partial charge in [0.2, 0.25) is 0 Å². The Kier molecular flexibility index (Phi) is 1.17. The number of fused-ring (bicyclic) bond motifs is 1. The highest BCUT2D eigenvalue weighted by molar-refractivity contribution is 9.10. The standard InChI is InChI=1S/C7H10BrF/c8-7(9)5-3-1-2-4-6(5)7/h5-6H,1-4H2/t5-,6+,7?. The first-order chi connectivity index (χ1) is 4.23. The van der Waals surface area contributed by atoms with Crippen molar-refractivity contribution in [1.82, 2.24) is 0 Å². The third-order valence-corrected chi connectivity index (χ3v) is 3.82. The summed E-state index contributed by atoms with van der Waals surface area (Å²) in [5.41, 5.74) is 0. The maximum atomic E-state index is 13.1. The van der Waals surface area contributed by atoms with Crippen LogP contribution in [0, 0.1) is 11.8 Å². The topological polar surface area (TPSA) is 0 Å². The quantitative estimate of drug-likeness (QED) is 0.519. The smallest absolute Gasteiger partial charge is 0.171 e. The van der Waals surface area contributed by atoms with Crippen LogP contribution in [-0.2, 0) is 0 Å². The molecule has 52 valence electrons. The zero-order valence-corrected chi connectivity index (χ0v) is 6.83. The molecule has 0 aromatic rings. The number of rotatable bonds is 0. The van der Waals surface area contributed by atoms with Gasteiger partial charge in [-0.25, -0.2) is 4.39 Å². The summed E-state index contributed by atoms with van der Waals surface area (Å²) in [5.74, 6) is 0.734. The molecule has 2 saturated carbocycles. The minimum atomic E-state index is -0.941. The summed E-state index contributed by atoms with van der Waals surface area (Å²) >= 11 is 3.11. The molecule has 2 fully saturated rings.